The van der Waals surface area contributed by atoms with Gasteiger partial charge in [-0.2, -0.15) is 0 Å². The Kier molecular flexibility index (Phi) is 4.14. The van der Waals surface area contributed by atoms with Crippen LogP contribution in [0.15, 0.2) is 18.5 Å². The molecule has 0 saturated carbocycles. The highest BCUT2D eigenvalue weighted by atomic mass is 16.2. The van der Waals surface area contributed by atoms with E-state index >= 15 is 0 Å². The van der Waals surface area contributed by atoms with E-state index < -0.39 is 0 Å². The Morgan fingerprint density at radius 2 is 2.14 bits per heavy atom. The number of carbonyl (C=O) groups is 2. The molecule has 0 aromatic carbocycles. The Bertz CT molecular complexity index is 587. The third-order valence-corrected chi connectivity index (χ3v) is 4.96. The molecule has 3 heterocycles. The van der Waals surface area contributed by atoms with Crippen molar-refractivity contribution < 1.29 is 9.59 Å². The van der Waals surface area contributed by atoms with Crippen LogP contribution in [-0.4, -0.2) is 52.8 Å². The Hall–Kier alpha value is -1.91. The quantitative estimate of drug-likeness (QED) is 0.795. The number of hydrogen-bond acceptors (Lipinski definition) is 3. The molecule has 5 nitrogen and oxygen atoms in total. The summed E-state index contributed by atoms with van der Waals surface area (Å²) in [5, 5.41) is 0. The average molecular weight is 301 g/mol. The van der Waals surface area contributed by atoms with Crippen molar-refractivity contribution in [1.82, 2.24) is 14.8 Å². The van der Waals surface area contributed by atoms with Crippen molar-refractivity contribution in [3.63, 3.8) is 0 Å². The maximum atomic E-state index is 12.7. The molecule has 0 N–H and O–H groups in total. The van der Waals surface area contributed by atoms with Crippen LogP contribution in [0.2, 0.25) is 0 Å². The molecule has 3 rings (SSSR count). The number of fused-ring (bicyclic) bond motifs is 1. The first-order chi connectivity index (χ1) is 10.6. The summed E-state index contributed by atoms with van der Waals surface area (Å²) in [7, 11) is 1.91. The van der Waals surface area contributed by atoms with Crippen molar-refractivity contribution in [2.75, 3.05) is 20.1 Å². The van der Waals surface area contributed by atoms with E-state index in [4.69, 9.17) is 0 Å². The minimum absolute atomic E-state index is 0.0628. The van der Waals surface area contributed by atoms with Crippen LogP contribution in [0.1, 0.15) is 41.6 Å². The molecular weight excluding hydrogens is 278 g/mol. The Balaban J connectivity index is 1.73. The molecule has 0 spiro atoms. The normalized spacial score (nSPS) is 25.6. The summed E-state index contributed by atoms with van der Waals surface area (Å²) in [5.74, 6) is 0.704. The lowest BCUT2D eigenvalue weighted by Gasteiger charge is -2.41. The van der Waals surface area contributed by atoms with E-state index in [1.807, 2.05) is 29.8 Å². The number of amides is 2. The second-order valence-electron chi connectivity index (χ2n) is 6.52. The van der Waals surface area contributed by atoms with Crippen molar-refractivity contribution in [3.8, 4) is 0 Å². The smallest absolute Gasteiger partial charge is 0.255 e. The van der Waals surface area contributed by atoms with Crippen LogP contribution in [0.25, 0.3) is 0 Å². The Labute approximate surface area is 131 Å². The molecule has 1 aromatic heterocycles. The lowest BCUT2D eigenvalue weighted by Crippen LogP contribution is -2.51. The van der Waals surface area contributed by atoms with Gasteiger partial charge in [-0.25, -0.2) is 0 Å². The van der Waals surface area contributed by atoms with Gasteiger partial charge in [-0.05, 0) is 43.7 Å². The van der Waals surface area contributed by atoms with E-state index in [9.17, 15) is 9.59 Å². The summed E-state index contributed by atoms with van der Waals surface area (Å²) < 4.78 is 0. The number of aryl methyl sites for hydroxylation is 1. The van der Waals surface area contributed by atoms with Crippen LogP contribution < -0.4 is 0 Å². The lowest BCUT2D eigenvalue weighted by molar-refractivity contribution is -0.132. The summed E-state index contributed by atoms with van der Waals surface area (Å²) in [6.45, 7) is 3.41. The molecule has 2 saturated heterocycles. The maximum absolute atomic E-state index is 12.7. The maximum Gasteiger partial charge on any atom is 0.255 e. The van der Waals surface area contributed by atoms with Crippen LogP contribution in [0.4, 0.5) is 0 Å². The van der Waals surface area contributed by atoms with Gasteiger partial charge in [-0.1, -0.05) is 0 Å². The van der Waals surface area contributed by atoms with Gasteiger partial charge >= 0.3 is 0 Å². The highest BCUT2D eigenvalue weighted by molar-refractivity contribution is 5.94. The van der Waals surface area contributed by atoms with Crippen molar-refractivity contribution in [2.24, 2.45) is 5.92 Å². The molecule has 1 aromatic rings. The van der Waals surface area contributed by atoms with E-state index in [2.05, 4.69) is 4.98 Å². The van der Waals surface area contributed by atoms with Gasteiger partial charge in [0.15, 0.2) is 0 Å². The van der Waals surface area contributed by atoms with E-state index in [-0.39, 0.29) is 17.9 Å². The number of likely N-dealkylation sites (tertiary alicyclic amines) is 2. The summed E-state index contributed by atoms with van der Waals surface area (Å²) in [4.78, 5) is 32.6. The molecule has 0 unspecified atom stereocenters. The highest BCUT2D eigenvalue weighted by Gasteiger charge is 2.37. The molecule has 0 aliphatic carbocycles. The first-order valence-electron chi connectivity index (χ1n) is 8.03. The fourth-order valence-corrected chi connectivity index (χ4v) is 3.73. The number of piperidine rings is 1. The predicted octanol–water partition coefficient (Wildman–Crippen LogP) is 1.86. The molecule has 2 atom stereocenters. The SMILES string of the molecule is Cc1cncc(C(=O)N2CC[C@@H]3[C@H](CCCC(=O)N3C)C2)c1. The van der Waals surface area contributed by atoms with Crippen LogP contribution in [0, 0.1) is 12.8 Å². The Morgan fingerprint density at radius 1 is 1.32 bits per heavy atom. The van der Waals surface area contributed by atoms with Crippen LogP contribution >= 0.6 is 0 Å². The standard InChI is InChI=1S/C17H23N3O2/c1-12-8-14(10-18-9-12)17(22)20-7-6-15-13(11-20)4-3-5-16(21)19(15)2/h8-10,13,15H,3-7,11H2,1-2H3/t13-,15-/m1/s1. The molecule has 2 fully saturated rings. The summed E-state index contributed by atoms with van der Waals surface area (Å²) in [6.07, 6.45) is 6.87. The largest absolute Gasteiger partial charge is 0.342 e. The highest BCUT2D eigenvalue weighted by Crippen LogP contribution is 2.30. The molecule has 0 radical (unpaired) electrons. The van der Waals surface area contributed by atoms with Crippen molar-refractivity contribution >= 4 is 11.8 Å². The molecule has 22 heavy (non-hydrogen) atoms. The Morgan fingerprint density at radius 3 is 2.91 bits per heavy atom. The zero-order valence-corrected chi connectivity index (χ0v) is 13.3. The summed E-state index contributed by atoms with van der Waals surface area (Å²) in [6, 6.07) is 2.18. The number of nitrogens with zero attached hydrogens (tertiary/aromatic N) is 3. The number of pyridine rings is 1. The van der Waals surface area contributed by atoms with Crippen LogP contribution in [0.3, 0.4) is 0 Å². The van der Waals surface area contributed by atoms with Gasteiger partial charge in [0, 0.05) is 45.0 Å². The zero-order chi connectivity index (χ0) is 15.7. The summed E-state index contributed by atoms with van der Waals surface area (Å²) >= 11 is 0. The van der Waals surface area contributed by atoms with Gasteiger partial charge < -0.3 is 9.80 Å². The minimum atomic E-state index is 0.0628. The predicted molar refractivity (Wildman–Crippen MR) is 83.4 cm³/mol. The topological polar surface area (TPSA) is 53.5 Å². The molecule has 5 heteroatoms. The van der Waals surface area contributed by atoms with Gasteiger partial charge in [-0.3, -0.25) is 14.6 Å². The second kappa shape index (κ2) is 6.07. The first kappa shape index (κ1) is 15.0. The molecule has 0 bridgehead atoms. The van der Waals surface area contributed by atoms with Crippen LogP contribution in [-0.2, 0) is 4.79 Å². The third-order valence-electron chi connectivity index (χ3n) is 4.96. The number of hydrogen-bond donors (Lipinski definition) is 0. The second-order valence-corrected chi connectivity index (χ2v) is 6.52. The molecular formula is C17H23N3O2. The first-order valence-corrected chi connectivity index (χ1v) is 8.03. The zero-order valence-electron chi connectivity index (χ0n) is 13.3. The lowest BCUT2D eigenvalue weighted by atomic mass is 9.88. The number of rotatable bonds is 1. The van der Waals surface area contributed by atoms with Crippen molar-refractivity contribution in [2.45, 2.75) is 38.6 Å². The fraction of sp³-hybridized carbons (Fsp3) is 0.588. The van der Waals surface area contributed by atoms with Gasteiger partial charge in [0.1, 0.15) is 0 Å². The fourth-order valence-electron chi connectivity index (χ4n) is 3.73. The van der Waals surface area contributed by atoms with E-state index in [1.54, 1.807) is 12.4 Å². The molecule has 2 amide bonds. The van der Waals surface area contributed by atoms with Gasteiger partial charge in [0.05, 0.1) is 5.56 Å². The number of carbonyl (C=O) groups excluding carboxylic acids is 2. The van der Waals surface area contributed by atoms with Gasteiger partial charge in [0.25, 0.3) is 5.91 Å². The van der Waals surface area contributed by atoms with Crippen LogP contribution in [0.5, 0.6) is 0 Å². The molecule has 2 aliphatic rings. The third kappa shape index (κ3) is 2.85. The van der Waals surface area contributed by atoms with E-state index in [0.717, 1.165) is 31.4 Å². The minimum Gasteiger partial charge on any atom is -0.342 e. The van der Waals surface area contributed by atoms with Gasteiger partial charge in [0.2, 0.25) is 5.91 Å². The number of aromatic nitrogens is 1. The molecule has 2 aliphatic heterocycles. The van der Waals surface area contributed by atoms with Gasteiger partial charge in [-0.15, -0.1) is 0 Å². The summed E-state index contributed by atoms with van der Waals surface area (Å²) in [5.41, 5.74) is 1.66. The van der Waals surface area contributed by atoms with E-state index in [1.165, 1.54) is 0 Å². The molecule has 118 valence electrons. The average Bonchev–Trinajstić information content (AvgIpc) is 2.66. The van der Waals surface area contributed by atoms with Crippen molar-refractivity contribution in [3.05, 3.63) is 29.6 Å². The van der Waals surface area contributed by atoms with Crippen molar-refractivity contribution in [1.29, 1.82) is 0 Å². The van der Waals surface area contributed by atoms with E-state index in [0.29, 0.717) is 24.4 Å². The monoisotopic (exact) mass is 301 g/mol.